The topological polar surface area (TPSA) is 71.7 Å². The molecule has 0 saturated heterocycles. The molecule has 1 aromatic rings. The van der Waals surface area contributed by atoms with Crippen LogP contribution in [0.15, 0.2) is 9.41 Å². The number of aliphatic imine (C=N–C) groups is 1. The summed E-state index contributed by atoms with van der Waals surface area (Å²) in [6.07, 6.45) is 10.5. The van der Waals surface area contributed by atoms with E-state index < -0.39 is 0 Å². The fraction of sp³-hybridized carbons (Fsp3) is 0.789. The molecule has 0 unspecified atom stereocenters. The second kappa shape index (κ2) is 13.4. The second-order valence-corrected chi connectivity index (χ2v) is 6.79. The van der Waals surface area contributed by atoms with Gasteiger partial charge in [-0.3, -0.25) is 4.99 Å². The van der Waals surface area contributed by atoms with Crippen LogP contribution in [0.3, 0.4) is 0 Å². The summed E-state index contributed by atoms with van der Waals surface area (Å²) in [6.45, 7) is 6.24. The first-order valence-electron chi connectivity index (χ1n) is 9.68. The highest BCUT2D eigenvalue weighted by atomic mass is 127. The van der Waals surface area contributed by atoms with Crippen molar-refractivity contribution >= 4 is 29.9 Å². The van der Waals surface area contributed by atoms with E-state index in [1.54, 1.807) is 7.05 Å². The van der Waals surface area contributed by atoms with E-state index in [9.17, 15) is 0 Å². The van der Waals surface area contributed by atoms with E-state index in [-0.39, 0.29) is 24.0 Å². The van der Waals surface area contributed by atoms with Gasteiger partial charge < -0.3 is 19.8 Å². The number of aromatic nitrogens is 1. The first kappa shape index (κ1) is 23.2. The molecule has 0 spiro atoms. The fourth-order valence-electron chi connectivity index (χ4n) is 3.09. The van der Waals surface area contributed by atoms with Crippen LogP contribution in [0, 0.1) is 13.8 Å². The highest BCUT2D eigenvalue weighted by molar-refractivity contribution is 14.0. The molecule has 0 aromatic carbocycles. The Morgan fingerprint density at radius 2 is 1.92 bits per heavy atom. The van der Waals surface area contributed by atoms with E-state index in [2.05, 4.69) is 20.6 Å². The van der Waals surface area contributed by atoms with Crippen LogP contribution in [-0.4, -0.2) is 37.2 Å². The number of nitrogens with one attached hydrogen (secondary N) is 2. The lowest BCUT2D eigenvalue weighted by Crippen LogP contribution is -2.37. The quantitative estimate of drug-likeness (QED) is 0.242. The molecule has 1 aliphatic carbocycles. The summed E-state index contributed by atoms with van der Waals surface area (Å²) < 4.78 is 11.5. The lowest BCUT2D eigenvalue weighted by atomic mass is 9.98. The molecule has 1 fully saturated rings. The zero-order valence-corrected chi connectivity index (χ0v) is 18.8. The van der Waals surface area contributed by atoms with Crippen molar-refractivity contribution in [3.63, 3.8) is 0 Å². The van der Waals surface area contributed by atoms with Gasteiger partial charge in [0.25, 0.3) is 0 Å². The Morgan fingerprint density at radius 3 is 2.58 bits per heavy atom. The minimum absolute atomic E-state index is 0. The van der Waals surface area contributed by atoms with E-state index in [4.69, 9.17) is 9.15 Å². The molecule has 2 rings (SSSR count). The van der Waals surface area contributed by atoms with Crippen molar-refractivity contribution in [2.75, 3.05) is 20.2 Å². The van der Waals surface area contributed by atoms with Crippen molar-refractivity contribution in [3.05, 3.63) is 17.3 Å². The van der Waals surface area contributed by atoms with Crippen LogP contribution < -0.4 is 10.6 Å². The van der Waals surface area contributed by atoms with Gasteiger partial charge in [-0.2, -0.15) is 0 Å². The standard InChI is InChI=1S/C19H34N4O2.HI/c1-15-16(2)25-18(23-15)14-22-19(20-3)21-12-8-5-9-13-24-17-10-6-4-7-11-17;/h17H,4-14H2,1-3H3,(H2,20,21,22);1H. The highest BCUT2D eigenvalue weighted by Crippen LogP contribution is 2.20. The van der Waals surface area contributed by atoms with Crippen molar-refractivity contribution in [2.45, 2.75) is 77.9 Å². The first-order chi connectivity index (χ1) is 12.2. The number of nitrogens with zero attached hydrogens (tertiary/aromatic N) is 2. The van der Waals surface area contributed by atoms with Crippen LogP contribution in [-0.2, 0) is 11.3 Å². The molecule has 6 nitrogen and oxygen atoms in total. The molecule has 150 valence electrons. The van der Waals surface area contributed by atoms with Gasteiger partial charge in [0, 0.05) is 20.2 Å². The summed E-state index contributed by atoms with van der Waals surface area (Å²) in [5.41, 5.74) is 0.940. The van der Waals surface area contributed by atoms with E-state index >= 15 is 0 Å². The average molecular weight is 478 g/mol. The summed E-state index contributed by atoms with van der Waals surface area (Å²) in [5.74, 6) is 2.35. The monoisotopic (exact) mass is 478 g/mol. The van der Waals surface area contributed by atoms with Crippen LogP contribution in [0.2, 0.25) is 0 Å². The van der Waals surface area contributed by atoms with Gasteiger partial charge in [-0.1, -0.05) is 19.3 Å². The number of halogens is 1. The minimum atomic E-state index is 0. The molecule has 1 aliphatic rings. The van der Waals surface area contributed by atoms with Crippen LogP contribution in [0.5, 0.6) is 0 Å². The molecule has 1 aromatic heterocycles. The van der Waals surface area contributed by atoms with Gasteiger partial charge in [0.2, 0.25) is 5.89 Å². The second-order valence-electron chi connectivity index (χ2n) is 6.79. The largest absolute Gasteiger partial charge is 0.444 e. The number of aryl methyl sites for hydroxylation is 2. The first-order valence-corrected chi connectivity index (χ1v) is 9.68. The number of hydrogen-bond acceptors (Lipinski definition) is 4. The molecule has 0 atom stereocenters. The molecular weight excluding hydrogens is 443 g/mol. The molecular formula is C19H35IN4O2. The lowest BCUT2D eigenvalue weighted by molar-refractivity contribution is 0.0264. The minimum Gasteiger partial charge on any atom is -0.444 e. The Kier molecular flexibility index (Phi) is 11.9. The molecule has 7 heteroatoms. The molecule has 1 heterocycles. The van der Waals surface area contributed by atoms with Gasteiger partial charge in [0.15, 0.2) is 5.96 Å². The molecule has 0 bridgehead atoms. The third-order valence-electron chi connectivity index (χ3n) is 4.72. The van der Waals surface area contributed by atoms with Gasteiger partial charge in [-0.25, -0.2) is 4.98 Å². The Bertz CT molecular complexity index is 508. The maximum atomic E-state index is 5.96. The maximum absolute atomic E-state index is 5.96. The summed E-state index contributed by atoms with van der Waals surface area (Å²) in [7, 11) is 1.78. The van der Waals surface area contributed by atoms with Gasteiger partial charge in [0.1, 0.15) is 5.76 Å². The molecule has 0 amide bonds. The normalized spacial score (nSPS) is 15.6. The van der Waals surface area contributed by atoms with E-state index in [1.165, 1.54) is 38.5 Å². The third-order valence-corrected chi connectivity index (χ3v) is 4.72. The lowest BCUT2D eigenvalue weighted by Gasteiger charge is -2.21. The number of hydrogen-bond donors (Lipinski definition) is 2. The smallest absolute Gasteiger partial charge is 0.214 e. The van der Waals surface area contributed by atoms with Crippen molar-refractivity contribution in [1.29, 1.82) is 0 Å². The van der Waals surface area contributed by atoms with Crippen LogP contribution >= 0.6 is 24.0 Å². The predicted octanol–water partition coefficient (Wildman–Crippen LogP) is 4.09. The summed E-state index contributed by atoms with van der Waals surface area (Å²) in [4.78, 5) is 8.59. The summed E-state index contributed by atoms with van der Waals surface area (Å²) in [6, 6.07) is 0. The number of oxazole rings is 1. The zero-order valence-electron chi connectivity index (χ0n) is 16.5. The third kappa shape index (κ3) is 8.70. The average Bonchev–Trinajstić information content (AvgIpc) is 2.95. The predicted molar refractivity (Wildman–Crippen MR) is 116 cm³/mol. The van der Waals surface area contributed by atoms with Crippen molar-refractivity contribution in [1.82, 2.24) is 15.6 Å². The Labute approximate surface area is 175 Å². The van der Waals surface area contributed by atoms with Crippen LogP contribution in [0.25, 0.3) is 0 Å². The van der Waals surface area contributed by atoms with Gasteiger partial charge in [-0.05, 0) is 46.0 Å². The summed E-state index contributed by atoms with van der Waals surface area (Å²) in [5, 5.41) is 6.56. The van der Waals surface area contributed by atoms with Gasteiger partial charge >= 0.3 is 0 Å². The van der Waals surface area contributed by atoms with Crippen molar-refractivity contribution in [2.24, 2.45) is 4.99 Å². The van der Waals surface area contributed by atoms with E-state index in [0.29, 0.717) is 18.5 Å². The van der Waals surface area contributed by atoms with E-state index in [1.807, 2.05) is 13.8 Å². The summed E-state index contributed by atoms with van der Waals surface area (Å²) >= 11 is 0. The Morgan fingerprint density at radius 1 is 1.15 bits per heavy atom. The van der Waals surface area contributed by atoms with Crippen LogP contribution in [0.1, 0.15) is 68.7 Å². The molecule has 0 aliphatic heterocycles. The van der Waals surface area contributed by atoms with Crippen molar-refractivity contribution < 1.29 is 9.15 Å². The number of guanidine groups is 1. The van der Waals surface area contributed by atoms with Gasteiger partial charge in [0.05, 0.1) is 18.3 Å². The highest BCUT2D eigenvalue weighted by Gasteiger charge is 2.12. The van der Waals surface area contributed by atoms with Crippen molar-refractivity contribution in [3.8, 4) is 0 Å². The molecule has 2 N–H and O–H groups in total. The molecule has 26 heavy (non-hydrogen) atoms. The Hall–Kier alpha value is -0.830. The van der Waals surface area contributed by atoms with E-state index in [0.717, 1.165) is 43.4 Å². The maximum Gasteiger partial charge on any atom is 0.214 e. The zero-order chi connectivity index (χ0) is 17.9. The SMILES string of the molecule is CN=C(NCCCCCOC1CCCCC1)NCc1nc(C)c(C)o1.I. The molecule has 1 saturated carbocycles. The Balaban J connectivity index is 0.00000338. The number of rotatable bonds is 9. The van der Waals surface area contributed by atoms with Crippen LogP contribution in [0.4, 0.5) is 0 Å². The van der Waals surface area contributed by atoms with Gasteiger partial charge in [-0.15, -0.1) is 24.0 Å². The fourth-order valence-corrected chi connectivity index (χ4v) is 3.09. The number of unbranched alkanes of at least 4 members (excludes halogenated alkanes) is 2. The molecule has 0 radical (unpaired) electrons. The number of ether oxygens (including phenoxy) is 1.